The molecule has 0 unspecified atom stereocenters. The van der Waals surface area contributed by atoms with Crippen molar-refractivity contribution in [3.05, 3.63) is 82.4 Å². The Hall–Kier alpha value is -3.53. The van der Waals surface area contributed by atoms with Gasteiger partial charge in [0.05, 0.1) is 10.5 Å². The van der Waals surface area contributed by atoms with Crippen LogP contribution in [0.1, 0.15) is 10.4 Å². The number of amides is 1. The highest BCUT2D eigenvalue weighted by molar-refractivity contribution is 7.99. The highest BCUT2D eigenvalue weighted by Gasteiger charge is 2.24. The van der Waals surface area contributed by atoms with Crippen LogP contribution in [-0.2, 0) is 0 Å². The molecule has 3 rings (SSSR count). The average molecular weight is 385 g/mol. The molecule has 0 radical (unpaired) electrons. The van der Waals surface area contributed by atoms with E-state index in [9.17, 15) is 19.3 Å². The zero-order chi connectivity index (χ0) is 19.2. The lowest BCUT2D eigenvalue weighted by Crippen LogP contribution is -2.31. The second-order valence-electron chi connectivity index (χ2n) is 5.11. The van der Waals surface area contributed by atoms with Gasteiger partial charge in [0.1, 0.15) is 12.1 Å². The van der Waals surface area contributed by atoms with Gasteiger partial charge in [-0.1, -0.05) is 42.1 Å². The molecule has 1 heterocycles. The number of nitrogens with one attached hydrogen (secondary N) is 2. The summed E-state index contributed by atoms with van der Waals surface area (Å²) >= 11 is 1.08. The molecule has 0 saturated heterocycles. The molecule has 27 heavy (non-hydrogen) atoms. The Balaban J connectivity index is 1.83. The molecule has 0 aliphatic heterocycles. The number of nitrogens with zero attached hydrogens (tertiary/aromatic N) is 3. The molecule has 2 aromatic carbocycles. The normalized spacial score (nSPS) is 10.3. The minimum absolute atomic E-state index is 0.101. The number of aromatic nitrogens is 2. The summed E-state index contributed by atoms with van der Waals surface area (Å²) < 4.78 is 13.7. The fraction of sp³-hybridized carbons (Fsp3) is 0. The van der Waals surface area contributed by atoms with Crippen molar-refractivity contribution >= 4 is 29.2 Å². The number of hydrogen-bond donors (Lipinski definition) is 2. The number of rotatable bonds is 6. The van der Waals surface area contributed by atoms with Gasteiger partial charge in [0.25, 0.3) is 5.91 Å². The molecule has 8 nitrogen and oxygen atoms in total. The number of halogens is 1. The van der Waals surface area contributed by atoms with Crippen molar-refractivity contribution in [3.8, 4) is 0 Å². The van der Waals surface area contributed by atoms with E-state index in [0.717, 1.165) is 29.1 Å². The first-order chi connectivity index (χ1) is 13.1. The second-order valence-corrected chi connectivity index (χ2v) is 6.17. The van der Waals surface area contributed by atoms with E-state index in [-0.39, 0.29) is 16.4 Å². The molecule has 0 bridgehead atoms. The maximum Gasteiger partial charge on any atom is 0.345 e. The molecular weight excluding hydrogens is 373 g/mol. The van der Waals surface area contributed by atoms with Crippen molar-refractivity contribution < 1.29 is 14.1 Å². The molecule has 0 fully saturated rings. The molecule has 1 amide bonds. The Labute approximate surface area is 157 Å². The molecule has 2 N–H and O–H groups in total. The minimum Gasteiger partial charge on any atom is -0.276 e. The van der Waals surface area contributed by atoms with Gasteiger partial charge in [-0.05, 0) is 24.3 Å². The molecule has 1 aromatic heterocycles. The first-order valence-corrected chi connectivity index (χ1v) is 8.41. The van der Waals surface area contributed by atoms with Gasteiger partial charge in [-0.15, -0.1) is 0 Å². The Morgan fingerprint density at radius 2 is 1.78 bits per heavy atom. The van der Waals surface area contributed by atoms with Gasteiger partial charge in [0, 0.05) is 4.90 Å². The Kier molecular flexibility index (Phi) is 5.57. The zero-order valence-electron chi connectivity index (χ0n) is 13.6. The highest BCUT2D eigenvalue weighted by atomic mass is 32.2. The Morgan fingerprint density at radius 1 is 1.07 bits per heavy atom. The fourth-order valence-corrected chi connectivity index (χ4v) is 3.01. The van der Waals surface area contributed by atoms with Crippen LogP contribution in [0.3, 0.4) is 0 Å². The summed E-state index contributed by atoms with van der Waals surface area (Å²) in [4.78, 5) is 31.4. The van der Waals surface area contributed by atoms with Crippen LogP contribution < -0.4 is 10.9 Å². The highest BCUT2D eigenvalue weighted by Crippen LogP contribution is 2.36. The number of carbonyl (C=O) groups excluding carboxylic acids is 1. The van der Waals surface area contributed by atoms with Crippen LogP contribution >= 0.6 is 11.8 Å². The molecular formula is C17H12FN5O3S. The fourth-order valence-electron chi connectivity index (χ4n) is 2.12. The summed E-state index contributed by atoms with van der Waals surface area (Å²) in [5.74, 6) is -1.72. The number of hydrogen-bond acceptors (Lipinski definition) is 7. The third-order valence-corrected chi connectivity index (χ3v) is 4.34. The van der Waals surface area contributed by atoms with Crippen LogP contribution in [0.25, 0.3) is 0 Å². The number of anilines is 1. The van der Waals surface area contributed by atoms with Crippen LogP contribution in [0.4, 0.5) is 15.9 Å². The molecule has 0 aliphatic rings. The summed E-state index contributed by atoms with van der Waals surface area (Å²) in [6.45, 7) is 0. The minimum atomic E-state index is -0.793. The standard InChI is InChI=1S/C17H12FN5O3S/c18-13-9-5-4-8-12(13)16(24)22-21-15-14(23(25)26)17(20-10-19-15)27-11-6-2-1-3-7-11/h1-10H,(H,22,24)(H,19,20,21). The van der Waals surface area contributed by atoms with Gasteiger partial charge in [-0.2, -0.15) is 0 Å². The summed E-state index contributed by atoms with van der Waals surface area (Å²) in [7, 11) is 0. The van der Waals surface area contributed by atoms with Crippen molar-refractivity contribution in [2.45, 2.75) is 9.92 Å². The smallest absolute Gasteiger partial charge is 0.276 e. The molecule has 0 saturated carbocycles. The number of carbonyl (C=O) groups is 1. The lowest BCUT2D eigenvalue weighted by atomic mass is 10.2. The van der Waals surface area contributed by atoms with E-state index < -0.39 is 22.3 Å². The SMILES string of the molecule is O=C(NNc1ncnc(Sc2ccccc2)c1[N+](=O)[O-])c1ccccc1F. The lowest BCUT2D eigenvalue weighted by molar-refractivity contribution is -0.387. The largest absolute Gasteiger partial charge is 0.345 e. The zero-order valence-corrected chi connectivity index (χ0v) is 14.4. The lowest BCUT2D eigenvalue weighted by Gasteiger charge is -2.10. The van der Waals surface area contributed by atoms with Gasteiger partial charge in [-0.3, -0.25) is 25.8 Å². The van der Waals surface area contributed by atoms with Crippen molar-refractivity contribution in [1.29, 1.82) is 0 Å². The molecule has 0 atom stereocenters. The average Bonchev–Trinajstić information content (AvgIpc) is 2.67. The van der Waals surface area contributed by atoms with Gasteiger partial charge in [-0.25, -0.2) is 14.4 Å². The van der Waals surface area contributed by atoms with Gasteiger partial charge in [0.15, 0.2) is 5.03 Å². The molecule has 0 spiro atoms. The van der Waals surface area contributed by atoms with Crippen LogP contribution in [0, 0.1) is 15.9 Å². The first kappa shape index (κ1) is 18.3. The van der Waals surface area contributed by atoms with E-state index in [4.69, 9.17) is 0 Å². The van der Waals surface area contributed by atoms with Crippen molar-refractivity contribution in [2.75, 3.05) is 5.43 Å². The molecule has 3 aromatic rings. The second kappa shape index (κ2) is 8.23. The maximum atomic E-state index is 13.7. The summed E-state index contributed by atoms with van der Waals surface area (Å²) in [5, 5.41) is 11.6. The quantitative estimate of drug-likeness (QED) is 0.380. The topological polar surface area (TPSA) is 110 Å². The molecule has 0 aliphatic carbocycles. The van der Waals surface area contributed by atoms with E-state index in [1.54, 1.807) is 24.3 Å². The molecule has 136 valence electrons. The maximum absolute atomic E-state index is 13.7. The summed E-state index contributed by atoms with van der Waals surface area (Å²) in [5.41, 5.74) is 3.97. The van der Waals surface area contributed by atoms with Crippen molar-refractivity contribution in [1.82, 2.24) is 15.4 Å². The van der Waals surface area contributed by atoms with Gasteiger partial charge in [0.2, 0.25) is 5.82 Å². The van der Waals surface area contributed by atoms with E-state index in [1.807, 2.05) is 6.07 Å². The number of hydrazine groups is 1. The van der Waals surface area contributed by atoms with Crippen molar-refractivity contribution in [2.24, 2.45) is 0 Å². The number of benzene rings is 2. The van der Waals surface area contributed by atoms with E-state index in [1.165, 1.54) is 18.2 Å². The van der Waals surface area contributed by atoms with Crippen molar-refractivity contribution in [3.63, 3.8) is 0 Å². The van der Waals surface area contributed by atoms with Crippen LogP contribution in [0.5, 0.6) is 0 Å². The molecule has 10 heteroatoms. The third-order valence-electron chi connectivity index (χ3n) is 3.34. The van der Waals surface area contributed by atoms with Crippen LogP contribution in [-0.4, -0.2) is 20.8 Å². The predicted molar refractivity (Wildman–Crippen MR) is 96.7 cm³/mol. The van der Waals surface area contributed by atoms with Gasteiger partial charge >= 0.3 is 5.69 Å². The first-order valence-electron chi connectivity index (χ1n) is 7.59. The van der Waals surface area contributed by atoms with Crippen LogP contribution in [0.15, 0.2) is 70.8 Å². The third kappa shape index (κ3) is 4.36. The summed E-state index contributed by atoms with van der Waals surface area (Å²) in [6, 6.07) is 14.3. The van der Waals surface area contributed by atoms with E-state index >= 15 is 0 Å². The van der Waals surface area contributed by atoms with Gasteiger partial charge < -0.3 is 0 Å². The predicted octanol–water partition coefficient (Wildman–Crippen LogP) is 3.43. The number of nitro groups is 1. The van der Waals surface area contributed by atoms with Crippen LogP contribution in [0.2, 0.25) is 0 Å². The monoisotopic (exact) mass is 385 g/mol. The van der Waals surface area contributed by atoms with E-state index in [0.29, 0.717) is 0 Å². The van der Waals surface area contributed by atoms with E-state index in [2.05, 4.69) is 20.8 Å². The Morgan fingerprint density at radius 3 is 2.48 bits per heavy atom. The Bertz CT molecular complexity index is 987. The summed E-state index contributed by atoms with van der Waals surface area (Å²) in [6.07, 6.45) is 1.13.